The quantitative estimate of drug-likeness (QED) is 0.598. The summed E-state index contributed by atoms with van der Waals surface area (Å²) in [6.07, 6.45) is 5.37. The Labute approximate surface area is 154 Å². The summed E-state index contributed by atoms with van der Waals surface area (Å²) in [6.45, 7) is 2.69. The Kier molecular flexibility index (Phi) is 4.86. The van der Waals surface area contributed by atoms with E-state index in [1.807, 2.05) is 6.07 Å². The lowest BCUT2D eigenvalue weighted by molar-refractivity contribution is 0.00903. The summed E-state index contributed by atoms with van der Waals surface area (Å²) in [5.74, 6) is -0.344. The fraction of sp³-hybridized carbons (Fsp3) is 0.455. The van der Waals surface area contributed by atoms with E-state index in [-0.39, 0.29) is 11.7 Å². The van der Waals surface area contributed by atoms with E-state index in [1.54, 1.807) is 13.0 Å². The van der Waals surface area contributed by atoms with E-state index >= 15 is 0 Å². The Morgan fingerprint density at radius 2 is 1.81 bits per heavy atom. The molecule has 0 amide bonds. The first-order chi connectivity index (χ1) is 12.6. The lowest BCUT2D eigenvalue weighted by Crippen LogP contribution is -2.52. The van der Waals surface area contributed by atoms with Gasteiger partial charge in [-0.2, -0.15) is 4.39 Å². The second-order valence-electron chi connectivity index (χ2n) is 7.70. The molecule has 2 bridgehead atoms. The zero-order chi connectivity index (χ0) is 18.1. The van der Waals surface area contributed by atoms with Gasteiger partial charge >= 0.3 is 0 Å². The maximum Gasteiger partial charge on any atom is 0.213 e. The van der Waals surface area contributed by atoms with Gasteiger partial charge in [0.1, 0.15) is 0 Å². The predicted octanol–water partition coefficient (Wildman–Crippen LogP) is 4.55. The van der Waals surface area contributed by atoms with Crippen LogP contribution in [0.2, 0.25) is 0 Å². The van der Waals surface area contributed by atoms with Gasteiger partial charge in [0, 0.05) is 30.1 Å². The summed E-state index contributed by atoms with van der Waals surface area (Å²) in [4.78, 5) is 19.5. The van der Waals surface area contributed by atoms with E-state index in [4.69, 9.17) is 0 Å². The van der Waals surface area contributed by atoms with Crippen LogP contribution in [0.3, 0.4) is 0 Å². The molecular formula is C22H25FN2O. The Morgan fingerprint density at radius 1 is 1.12 bits per heavy atom. The van der Waals surface area contributed by atoms with Gasteiger partial charge in [0.2, 0.25) is 5.95 Å². The van der Waals surface area contributed by atoms with Crippen LogP contribution in [0, 0.1) is 18.8 Å². The maximum absolute atomic E-state index is 13.3. The third-order valence-electron chi connectivity index (χ3n) is 6.02. The topological polar surface area (TPSA) is 33.2 Å². The van der Waals surface area contributed by atoms with E-state index in [0.29, 0.717) is 23.3 Å². The molecule has 4 heteroatoms. The summed E-state index contributed by atoms with van der Waals surface area (Å²) >= 11 is 0. The number of pyridine rings is 1. The highest BCUT2D eigenvalue weighted by Gasteiger charge is 2.40. The number of Topliss-reactive ketones (excluding diaryl/α,β-unsaturated/α-hetero) is 1. The van der Waals surface area contributed by atoms with Crippen LogP contribution in [0.15, 0.2) is 42.5 Å². The molecule has 1 aromatic heterocycles. The number of rotatable bonds is 4. The highest BCUT2D eigenvalue weighted by atomic mass is 19.1. The maximum atomic E-state index is 13.3. The van der Waals surface area contributed by atoms with Gasteiger partial charge in [-0.25, -0.2) is 4.98 Å². The van der Waals surface area contributed by atoms with Crippen LogP contribution >= 0.6 is 0 Å². The molecule has 0 aliphatic carbocycles. The van der Waals surface area contributed by atoms with Gasteiger partial charge < -0.3 is 0 Å². The van der Waals surface area contributed by atoms with E-state index in [1.165, 1.54) is 18.1 Å². The predicted molar refractivity (Wildman–Crippen MR) is 99.4 cm³/mol. The number of hydrogen-bond donors (Lipinski definition) is 0. The molecule has 136 valence electrons. The SMILES string of the molecule is Cc1nc(F)ccc1C(=O)C1CC2CCCC(C1)N2Cc1ccccc1. The second kappa shape index (κ2) is 7.28. The molecule has 4 rings (SSSR count). The normalized spacial score (nSPS) is 25.8. The number of piperidine rings is 2. The van der Waals surface area contributed by atoms with Crippen LogP contribution in [0.25, 0.3) is 0 Å². The molecule has 2 aromatic rings. The number of halogens is 1. The largest absolute Gasteiger partial charge is 0.294 e. The van der Waals surface area contributed by atoms with E-state index in [0.717, 1.165) is 32.2 Å². The lowest BCUT2D eigenvalue weighted by atomic mass is 9.75. The molecule has 2 saturated heterocycles. The first-order valence-electron chi connectivity index (χ1n) is 9.59. The highest BCUT2D eigenvalue weighted by molar-refractivity contribution is 5.98. The van der Waals surface area contributed by atoms with Crippen molar-refractivity contribution in [3.8, 4) is 0 Å². The van der Waals surface area contributed by atoms with Crippen molar-refractivity contribution in [1.82, 2.24) is 9.88 Å². The van der Waals surface area contributed by atoms with Gasteiger partial charge in [0.25, 0.3) is 0 Å². The van der Waals surface area contributed by atoms with Crippen LogP contribution in [0.4, 0.5) is 4.39 Å². The molecule has 0 saturated carbocycles. The van der Waals surface area contributed by atoms with Gasteiger partial charge in [0.15, 0.2) is 5.78 Å². The van der Waals surface area contributed by atoms with Crippen LogP contribution in [0.5, 0.6) is 0 Å². The molecule has 2 fully saturated rings. The van der Waals surface area contributed by atoms with Crippen molar-refractivity contribution in [2.75, 3.05) is 0 Å². The number of fused-ring (bicyclic) bond motifs is 2. The van der Waals surface area contributed by atoms with Crippen LogP contribution < -0.4 is 0 Å². The molecule has 0 N–H and O–H groups in total. The van der Waals surface area contributed by atoms with Gasteiger partial charge in [-0.15, -0.1) is 0 Å². The number of carbonyl (C=O) groups excluding carboxylic acids is 1. The number of carbonyl (C=O) groups is 1. The summed E-state index contributed by atoms with van der Waals surface area (Å²) in [7, 11) is 0. The summed E-state index contributed by atoms with van der Waals surface area (Å²) < 4.78 is 13.3. The number of ketones is 1. The molecule has 1 aromatic carbocycles. The fourth-order valence-electron chi connectivity index (χ4n) is 4.76. The van der Waals surface area contributed by atoms with Crippen LogP contribution in [-0.2, 0) is 6.54 Å². The minimum Gasteiger partial charge on any atom is -0.294 e. The summed E-state index contributed by atoms with van der Waals surface area (Å²) in [5, 5.41) is 0. The van der Waals surface area contributed by atoms with Crippen LogP contribution in [-0.4, -0.2) is 27.8 Å². The molecule has 2 unspecified atom stereocenters. The number of benzene rings is 1. The third-order valence-corrected chi connectivity index (χ3v) is 6.02. The monoisotopic (exact) mass is 352 g/mol. The van der Waals surface area contributed by atoms with Gasteiger partial charge in [-0.1, -0.05) is 36.8 Å². The van der Waals surface area contributed by atoms with Crippen LogP contribution in [0.1, 0.15) is 53.7 Å². The zero-order valence-corrected chi connectivity index (χ0v) is 15.2. The summed E-state index contributed by atoms with van der Waals surface area (Å²) in [5.41, 5.74) is 2.44. The number of aromatic nitrogens is 1. The minimum atomic E-state index is -0.520. The molecule has 3 nitrogen and oxygen atoms in total. The zero-order valence-electron chi connectivity index (χ0n) is 15.2. The standard InChI is InChI=1S/C22H25FN2O/c1-15-20(10-11-21(23)24-15)22(26)17-12-18-8-5-9-19(13-17)25(18)14-16-6-3-2-4-7-16/h2-4,6-7,10-11,17-19H,5,8-9,12-14H2,1H3. The van der Waals surface area contributed by atoms with Gasteiger partial charge in [-0.3, -0.25) is 9.69 Å². The Balaban J connectivity index is 1.51. The number of nitrogens with zero attached hydrogens (tertiary/aromatic N) is 2. The molecule has 2 aliphatic rings. The highest BCUT2D eigenvalue weighted by Crippen LogP contribution is 2.39. The number of hydrogen-bond acceptors (Lipinski definition) is 3. The van der Waals surface area contributed by atoms with Crippen molar-refractivity contribution < 1.29 is 9.18 Å². The molecule has 2 atom stereocenters. The molecule has 3 heterocycles. The average molecular weight is 352 g/mol. The minimum absolute atomic E-state index is 0.0308. The van der Waals surface area contributed by atoms with Crippen molar-refractivity contribution in [2.24, 2.45) is 5.92 Å². The fourth-order valence-corrected chi connectivity index (χ4v) is 4.76. The van der Waals surface area contributed by atoms with E-state index in [9.17, 15) is 9.18 Å². The number of aryl methyl sites for hydroxylation is 1. The smallest absolute Gasteiger partial charge is 0.213 e. The average Bonchev–Trinajstić information content (AvgIpc) is 2.62. The molecular weight excluding hydrogens is 327 g/mol. The molecule has 26 heavy (non-hydrogen) atoms. The lowest BCUT2D eigenvalue weighted by Gasteiger charge is -2.48. The van der Waals surface area contributed by atoms with E-state index in [2.05, 4.69) is 34.1 Å². The van der Waals surface area contributed by atoms with Crippen molar-refractivity contribution in [3.63, 3.8) is 0 Å². The Morgan fingerprint density at radius 3 is 2.46 bits per heavy atom. The molecule has 0 spiro atoms. The first-order valence-corrected chi connectivity index (χ1v) is 9.59. The van der Waals surface area contributed by atoms with Crippen molar-refractivity contribution in [3.05, 3.63) is 65.2 Å². The third kappa shape index (κ3) is 3.43. The van der Waals surface area contributed by atoms with E-state index < -0.39 is 5.95 Å². The first kappa shape index (κ1) is 17.3. The van der Waals surface area contributed by atoms with Crippen molar-refractivity contribution >= 4 is 5.78 Å². The summed E-state index contributed by atoms with van der Waals surface area (Å²) in [6, 6.07) is 14.4. The second-order valence-corrected chi connectivity index (χ2v) is 7.70. The van der Waals surface area contributed by atoms with Crippen molar-refractivity contribution in [2.45, 2.75) is 57.7 Å². The van der Waals surface area contributed by atoms with Gasteiger partial charge in [-0.05, 0) is 50.3 Å². The molecule has 0 radical (unpaired) electrons. The Bertz CT molecular complexity index is 778. The van der Waals surface area contributed by atoms with Gasteiger partial charge in [0.05, 0.1) is 5.69 Å². The van der Waals surface area contributed by atoms with Crippen molar-refractivity contribution in [1.29, 1.82) is 0 Å². The Hall–Kier alpha value is -2.07. The molecule has 2 aliphatic heterocycles.